The average molecular weight is 309 g/mol. The summed E-state index contributed by atoms with van der Waals surface area (Å²) in [7, 11) is 0. The first kappa shape index (κ1) is 14.7. The van der Waals surface area contributed by atoms with Crippen LogP contribution in [0, 0.1) is 5.92 Å². The summed E-state index contributed by atoms with van der Waals surface area (Å²) in [5.41, 5.74) is 3.01. The molecule has 0 spiro atoms. The van der Waals surface area contributed by atoms with E-state index >= 15 is 0 Å². The largest absolute Gasteiger partial charge is 0.261 e. The summed E-state index contributed by atoms with van der Waals surface area (Å²) in [5, 5.41) is 0.861. The number of benzene rings is 2. The van der Waals surface area contributed by atoms with Gasteiger partial charge < -0.3 is 0 Å². The molecular weight excluding hydrogens is 292 g/mol. The molecule has 0 amide bonds. The van der Waals surface area contributed by atoms with Crippen LogP contribution in [0.5, 0.6) is 0 Å². The number of aliphatic imine (C=N–C) groups is 2. The standard InChI is InChI=1S/C19H17ClN2/c20-19-15(13-21-17-7-3-1-4-8-17)11-12-16(19)14-22-18-9-5-2-6-10-18/h1-10,13-15H,11-12H2. The fraction of sp³-hybridized carbons (Fsp3) is 0.158. The Morgan fingerprint density at radius 1 is 0.864 bits per heavy atom. The third kappa shape index (κ3) is 3.71. The van der Waals surface area contributed by atoms with Crippen LogP contribution in [0.1, 0.15) is 12.8 Å². The third-order valence-corrected chi connectivity index (χ3v) is 4.17. The van der Waals surface area contributed by atoms with E-state index in [-0.39, 0.29) is 5.92 Å². The number of nitrogens with zero attached hydrogens (tertiary/aromatic N) is 2. The van der Waals surface area contributed by atoms with E-state index in [1.165, 1.54) is 0 Å². The van der Waals surface area contributed by atoms with Crippen LogP contribution in [0.15, 0.2) is 81.3 Å². The molecule has 2 aromatic rings. The minimum Gasteiger partial charge on any atom is -0.261 e. The second-order valence-corrected chi connectivity index (χ2v) is 5.63. The van der Waals surface area contributed by atoms with E-state index in [4.69, 9.17) is 11.6 Å². The summed E-state index contributed by atoms with van der Waals surface area (Å²) in [6.45, 7) is 0. The summed E-state index contributed by atoms with van der Waals surface area (Å²) < 4.78 is 0. The highest BCUT2D eigenvalue weighted by Gasteiger charge is 2.21. The summed E-state index contributed by atoms with van der Waals surface area (Å²) in [6.07, 6.45) is 5.76. The summed E-state index contributed by atoms with van der Waals surface area (Å²) in [5.74, 6) is 0.194. The molecule has 1 aliphatic rings. The Hall–Kier alpha value is -2.19. The summed E-state index contributed by atoms with van der Waals surface area (Å²) >= 11 is 6.47. The van der Waals surface area contributed by atoms with Crippen molar-refractivity contribution >= 4 is 35.4 Å². The van der Waals surface area contributed by atoms with Crippen molar-refractivity contribution in [3.05, 3.63) is 71.3 Å². The van der Waals surface area contributed by atoms with Crippen molar-refractivity contribution in [3.63, 3.8) is 0 Å². The lowest BCUT2D eigenvalue weighted by Crippen LogP contribution is -1.96. The first-order chi connectivity index (χ1) is 10.8. The van der Waals surface area contributed by atoms with Gasteiger partial charge in [0.1, 0.15) is 0 Å². The van der Waals surface area contributed by atoms with E-state index in [1.807, 2.05) is 73.1 Å². The number of hydrogen-bond acceptors (Lipinski definition) is 2. The average Bonchev–Trinajstić information content (AvgIpc) is 2.93. The number of rotatable bonds is 4. The predicted molar refractivity (Wildman–Crippen MR) is 94.8 cm³/mol. The zero-order chi connectivity index (χ0) is 15.2. The molecule has 3 rings (SSSR count). The topological polar surface area (TPSA) is 24.7 Å². The maximum absolute atomic E-state index is 6.47. The van der Waals surface area contributed by atoms with Crippen LogP contribution in [0.4, 0.5) is 11.4 Å². The van der Waals surface area contributed by atoms with Gasteiger partial charge in [0.2, 0.25) is 0 Å². The molecule has 0 aromatic heterocycles. The van der Waals surface area contributed by atoms with Gasteiger partial charge in [0.15, 0.2) is 0 Å². The number of allylic oxidation sites excluding steroid dienone is 2. The van der Waals surface area contributed by atoms with Crippen molar-refractivity contribution in [2.24, 2.45) is 15.9 Å². The molecule has 1 unspecified atom stereocenters. The van der Waals surface area contributed by atoms with E-state index in [2.05, 4.69) is 9.98 Å². The molecule has 2 aromatic carbocycles. The number of hydrogen-bond donors (Lipinski definition) is 0. The predicted octanol–water partition coefficient (Wildman–Crippen LogP) is 5.69. The van der Waals surface area contributed by atoms with Gasteiger partial charge in [-0.15, -0.1) is 0 Å². The van der Waals surface area contributed by atoms with Gasteiger partial charge in [0.25, 0.3) is 0 Å². The molecule has 0 saturated carbocycles. The van der Waals surface area contributed by atoms with Gasteiger partial charge >= 0.3 is 0 Å². The molecule has 0 heterocycles. The van der Waals surface area contributed by atoms with Crippen LogP contribution in [0.25, 0.3) is 0 Å². The molecule has 22 heavy (non-hydrogen) atoms. The van der Waals surface area contributed by atoms with Crippen LogP contribution in [0.3, 0.4) is 0 Å². The molecular formula is C19H17ClN2. The quantitative estimate of drug-likeness (QED) is 0.648. The molecule has 0 bridgehead atoms. The monoisotopic (exact) mass is 308 g/mol. The second kappa shape index (κ2) is 7.19. The van der Waals surface area contributed by atoms with E-state index in [1.54, 1.807) is 0 Å². The molecule has 0 saturated heterocycles. The lowest BCUT2D eigenvalue weighted by atomic mass is 10.1. The van der Waals surface area contributed by atoms with Crippen molar-refractivity contribution in [3.8, 4) is 0 Å². The molecule has 110 valence electrons. The Morgan fingerprint density at radius 3 is 2.09 bits per heavy atom. The lowest BCUT2D eigenvalue weighted by molar-refractivity contribution is 0.813. The second-order valence-electron chi connectivity index (χ2n) is 5.23. The Labute approximate surface area is 135 Å². The molecule has 3 heteroatoms. The highest BCUT2D eigenvalue weighted by Crippen LogP contribution is 2.33. The van der Waals surface area contributed by atoms with Gasteiger partial charge in [-0.1, -0.05) is 48.0 Å². The third-order valence-electron chi connectivity index (χ3n) is 3.64. The Bertz CT molecular complexity index is 703. The van der Waals surface area contributed by atoms with Gasteiger partial charge in [0, 0.05) is 23.4 Å². The number of para-hydroxylation sites is 2. The maximum Gasteiger partial charge on any atom is 0.0629 e. The summed E-state index contributed by atoms with van der Waals surface area (Å²) in [6, 6.07) is 19.8. The molecule has 0 fully saturated rings. The molecule has 0 radical (unpaired) electrons. The molecule has 1 atom stereocenters. The normalized spacial score (nSPS) is 18.7. The first-order valence-electron chi connectivity index (χ1n) is 7.40. The smallest absolute Gasteiger partial charge is 0.0629 e. The Balaban J connectivity index is 1.70. The minimum absolute atomic E-state index is 0.194. The van der Waals surface area contributed by atoms with Gasteiger partial charge in [-0.05, 0) is 42.7 Å². The van der Waals surface area contributed by atoms with Crippen molar-refractivity contribution in [2.75, 3.05) is 0 Å². The maximum atomic E-state index is 6.47. The molecule has 1 aliphatic carbocycles. The zero-order valence-corrected chi connectivity index (χ0v) is 12.9. The van der Waals surface area contributed by atoms with E-state index in [0.717, 1.165) is 34.8 Å². The van der Waals surface area contributed by atoms with Gasteiger partial charge in [-0.3, -0.25) is 9.98 Å². The fourth-order valence-electron chi connectivity index (χ4n) is 2.42. The van der Waals surface area contributed by atoms with Crippen molar-refractivity contribution < 1.29 is 0 Å². The molecule has 0 aliphatic heterocycles. The Morgan fingerprint density at radius 2 is 1.45 bits per heavy atom. The highest BCUT2D eigenvalue weighted by atomic mass is 35.5. The molecule has 2 nitrogen and oxygen atoms in total. The van der Waals surface area contributed by atoms with Crippen LogP contribution in [-0.4, -0.2) is 12.4 Å². The summed E-state index contributed by atoms with van der Waals surface area (Å²) in [4.78, 5) is 8.98. The minimum atomic E-state index is 0.194. The van der Waals surface area contributed by atoms with E-state index in [0.29, 0.717) is 0 Å². The highest BCUT2D eigenvalue weighted by molar-refractivity contribution is 6.33. The fourth-order valence-corrected chi connectivity index (χ4v) is 2.73. The Kier molecular flexibility index (Phi) is 4.81. The van der Waals surface area contributed by atoms with Crippen LogP contribution in [0.2, 0.25) is 0 Å². The van der Waals surface area contributed by atoms with Gasteiger partial charge in [0.05, 0.1) is 11.4 Å². The van der Waals surface area contributed by atoms with Crippen molar-refractivity contribution in [2.45, 2.75) is 12.8 Å². The van der Waals surface area contributed by atoms with Crippen molar-refractivity contribution in [1.29, 1.82) is 0 Å². The lowest BCUT2D eigenvalue weighted by Gasteiger charge is -2.02. The van der Waals surface area contributed by atoms with Crippen molar-refractivity contribution in [1.82, 2.24) is 0 Å². The molecule has 0 N–H and O–H groups in total. The zero-order valence-electron chi connectivity index (χ0n) is 12.2. The van der Waals surface area contributed by atoms with Crippen LogP contribution < -0.4 is 0 Å². The van der Waals surface area contributed by atoms with Gasteiger partial charge in [-0.25, -0.2) is 0 Å². The number of halogens is 1. The first-order valence-corrected chi connectivity index (χ1v) is 7.77. The SMILES string of the molecule is ClC1=C(C=Nc2ccccc2)CCC1C=Nc1ccccc1. The van der Waals surface area contributed by atoms with Crippen LogP contribution >= 0.6 is 11.6 Å². The van der Waals surface area contributed by atoms with E-state index < -0.39 is 0 Å². The van der Waals surface area contributed by atoms with E-state index in [9.17, 15) is 0 Å². The van der Waals surface area contributed by atoms with Crippen LogP contribution in [-0.2, 0) is 0 Å². The van der Waals surface area contributed by atoms with Gasteiger partial charge in [-0.2, -0.15) is 0 Å².